The van der Waals surface area contributed by atoms with Gasteiger partial charge in [0.05, 0.1) is 18.6 Å². The minimum Gasteiger partial charge on any atom is -0.481 e. The molecule has 1 aromatic carbocycles. The van der Waals surface area contributed by atoms with E-state index in [1.165, 1.54) is 7.11 Å². The van der Waals surface area contributed by atoms with Gasteiger partial charge in [-0.1, -0.05) is 13.3 Å². The normalized spacial score (nSPS) is 11.5. The molecule has 0 heterocycles. The summed E-state index contributed by atoms with van der Waals surface area (Å²) in [6.45, 7) is 1.92. The first-order chi connectivity index (χ1) is 10.5. The number of benzene rings is 1. The van der Waals surface area contributed by atoms with E-state index in [9.17, 15) is 14.4 Å². The van der Waals surface area contributed by atoms with Crippen LogP contribution in [0, 0.1) is 5.92 Å². The van der Waals surface area contributed by atoms with E-state index in [0.29, 0.717) is 24.1 Å². The zero-order valence-electron chi connectivity index (χ0n) is 12.8. The van der Waals surface area contributed by atoms with Crippen molar-refractivity contribution in [1.29, 1.82) is 0 Å². The predicted molar refractivity (Wildman–Crippen MR) is 81.7 cm³/mol. The third kappa shape index (κ3) is 5.55. The average molecular weight is 307 g/mol. The van der Waals surface area contributed by atoms with Crippen LogP contribution in [0.2, 0.25) is 0 Å². The second-order valence-electron chi connectivity index (χ2n) is 4.98. The molecule has 0 aliphatic carbocycles. The number of rotatable bonds is 8. The summed E-state index contributed by atoms with van der Waals surface area (Å²) in [5.74, 6) is -2.04. The summed E-state index contributed by atoms with van der Waals surface area (Å²) in [6, 6.07) is 6.31. The van der Waals surface area contributed by atoms with Crippen molar-refractivity contribution in [2.24, 2.45) is 5.92 Å². The summed E-state index contributed by atoms with van der Waals surface area (Å²) >= 11 is 0. The van der Waals surface area contributed by atoms with Crippen LogP contribution in [0.3, 0.4) is 0 Å². The van der Waals surface area contributed by atoms with E-state index in [1.54, 1.807) is 24.3 Å². The molecule has 0 aromatic heterocycles. The number of amides is 1. The summed E-state index contributed by atoms with van der Waals surface area (Å²) in [5.41, 5.74) is 0.953. The quantitative estimate of drug-likeness (QED) is 0.720. The topological polar surface area (TPSA) is 92.7 Å². The SMILES string of the molecule is CCC[C@@H](CCC(=O)Nc1ccc(C(=O)OC)cc1)C(=O)O. The lowest BCUT2D eigenvalue weighted by Crippen LogP contribution is -2.18. The van der Waals surface area contributed by atoms with Crippen molar-refractivity contribution in [1.82, 2.24) is 0 Å². The van der Waals surface area contributed by atoms with Crippen molar-refractivity contribution in [3.8, 4) is 0 Å². The highest BCUT2D eigenvalue weighted by Gasteiger charge is 2.17. The minimum absolute atomic E-state index is 0.149. The predicted octanol–water partition coefficient (Wildman–Crippen LogP) is 2.69. The highest BCUT2D eigenvalue weighted by molar-refractivity contribution is 5.93. The highest BCUT2D eigenvalue weighted by atomic mass is 16.5. The Morgan fingerprint density at radius 2 is 1.82 bits per heavy atom. The highest BCUT2D eigenvalue weighted by Crippen LogP contribution is 2.15. The Labute approximate surface area is 129 Å². The Kier molecular flexibility index (Phi) is 7.08. The van der Waals surface area contributed by atoms with Gasteiger partial charge in [0, 0.05) is 12.1 Å². The van der Waals surface area contributed by atoms with Gasteiger partial charge in [-0.2, -0.15) is 0 Å². The number of carboxylic acid groups (broad SMARTS) is 1. The molecule has 1 amide bonds. The summed E-state index contributed by atoms with van der Waals surface area (Å²) in [6.07, 6.45) is 1.80. The fourth-order valence-electron chi connectivity index (χ4n) is 2.08. The Balaban J connectivity index is 2.51. The third-order valence-corrected chi connectivity index (χ3v) is 3.30. The Hall–Kier alpha value is -2.37. The van der Waals surface area contributed by atoms with E-state index in [-0.39, 0.29) is 12.3 Å². The van der Waals surface area contributed by atoms with Crippen LogP contribution in [0.4, 0.5) is 5.69 Å². The molecule has 1 rings (SSSR count). The second kappa shape index (κ2) is 8.81. The molecule has 0 saturated heterocycles. The molecule has 6 heteroatoms. The fraction of sp³-hybridized carbons (Fsp3) is 0.438. The molecule has 0 aliphatic heterocycles. The van der Waals surface area contributed by atoms with Crippen LogP contribution in [0.15, 0.2) is 24.3 Å². The lowest BCUT2D eigenvalue weighted by molar-refractivity contribution is -0.142. The first-order valence-electron chi connectivity index (χ1n) is 7.19. The van der Waals surface area contributed by atoms with Crippen molar-refractivity contribution in [2.75, 3.05) is 12.4 Å². The summed E-state index contributed by atoms with van der Waals surface area (Å²) in [7, 11) is 1.30. The van der Waals surface area contributed by atoms with Gasteiger partial charge in [0.1, 0.15) is 0 Å². The van der Waals surface area contributed by atoms with Crippen molar-refractivity contribution in [3.63, 3.8) is 0 Å². The number of esters is 1. The largest absolute Gasteiger partial charge is 0.481 e. The molecule has 2 N–H and O–H groups in total. The first kappa shape index (κ1) is 17.7. The molecule has 0 fully saturated rings. The van der Waals surface area contributed by atoms with Gasteiger partial charge in [-0.05, 0) is 37.1 Å². The summed E-state index contributed by atoms with van der Waals surface area (Å²) in [4.78, 5) is 34.1. The molecule has 6 nitrogen and oxygen atoms in total. The van der Waals surface area contributed by atoms with E-state index >= 15 is 0 Å². The Bertz CT molecular complexity index is 524. The number of aliphatic carboxylic acids is 1. The maximum absolute atomic E-state index is 11.8. The van der Waals surface area contributed by atoms with Gasteiger partial charge >= 0.3 is 11.9 Å². The Morgan fingerprint density at radius 1 is 1.18 bits per heavy atom. The van der Waals surface area contributed by atoms with Crippen molar-refractivity contribution in [2.45, 2.75) is 32.6 Å². The lowest BCUT2D eigenvalue weighted by atomic mass is 9.98. The van der Waals surface area contributed by atoms with Crippen LogP contribution in [0.1, 0.15) is 43.0 Å². The first-order valence-corrected chi connectivity index (χ1v) is 7.19. The molecule has 0 aliphatic rings. The monoisotopic (exact) mass is 307 g/mol. The van der Waals surface area contributed by atoms with Gasteiger partial charge in [-0.25, -0.2) is 4.79 Å². The molecular formula is C16H21NO5. The van der Waals surface area contributed by atoms with Crippen LogP contribution < -0.4 is 5.32 Å². The number of carbonyl (C=O) groups is 3. The molecule has 0 bridgehead atoms. The smallest absolute Gasteiger partial charge is 0.337 e. The zero-order valence-corrected chi connectivity index (χ0v) is 12.8. The van der Waals surface area contributed by atoms with Crippen molar-refractivity contribution >= 4 is 23.5 Å². The minimum atomic E-state index is -0.864. The Morgan fingerprint density at radius 3 is 2.32 bits per heavy atom. The van der Waals surface area contributed by atoms with Crippen LogP contribution in [-0.4, -0.2) is 30.1 Å². The number of nitrogens with one attached hydrogen (secondary N) is 1. The van der Waals surface area contributed by atoms with Crippen LogP contribution in [0.25, 0.3) is 0 Å². The van der Waals surface area contributed by atoms with Crippen LogP contribution in [0.5, 0.6) is 0 Å². The number of carboxylic acids is 1. The number of anilines is 1. The van der Waals surface area contributed by atoms with Crippen LogP contribution >= 0.6 is 0 Å². The maximum atomic E-state index is 11.8. The number of carbonyl (C=O) groups excluding carboxylic acids is 2. The molecule has 0 unspecified atom stereocenters. The van der Waals surface area contributed by atoms with E-state index in [2.05, 4.69) is 10.1 Å². The molecular weight excluding hydrogens is 286 g/mol. The number of ether oxygens (including phenoxy) is 1. The van der Waals surface area contributed by atoms with Crippen molar-refractivity contribution in [3.05, 3.63) is 29.8 Å². The van der Waals surface area contributed by atoms with E-state index in [1.807, 2.05) is 6.92 Å². The van der Waals surface area contributed by atoms with Crippen LogP contribution in [-0.2, 0) is 14.3 Å². The molecule has 1 atom stereocenters. The van der Waals surface area contributed by atoms with E-state index in [0.717, 1.165) is 6.42 Å². The van der Waals surface area contributed by atoms with Gasteiger partial charge in [0.25, 0.3) is 0 Å². The summed E-state index contributed by atoms with van der Waals surface area (Å²) in [5, 5.41) is 11.7. The molecule has 120 valence electrons. The lowest BCUT2D eigenvalue weighted by Gasteiger charge is -2.11. The maximum Gasteiger partial charge on any atom is 0.337 e. The van der Waals surface area contributed by atoms with Gasteiger partial charge in [-0.15, -0.1) is 0 Å². The average Bonchev–Trinajstić information content (AvgIpc) is 2.51. The van der Waals surface area contributed by atoms with Gasteiger partial charge in [0.15, 0.2) is 0 Å². The van der Waals surface area contributed by atoms with Gasteiger partial charge in [0.2, 0.25) is 5.91 Å². The fourth-order valence-corrected chi connectivity index (χ4v) is 2.08. The third-order valence-electron chi connectivity index (χ3n) is 3.30. The summed E-state index contributed by atoms with van der Waals surface area (Å²) < 4.78 is 4.59. The molecule has 0 saturated carbocycles. The number of hydrogen-bond acceptors (Lipinski definition) is 4. The second-order valence-corrected chi connectivity index (χ2v) is 4.98. The van der Waals surface area contributed by atoms with E-state index < -0.39 is 17.9 Å². The molecule has 0 radical (unpaired) electrons. The molecule has 0 spiro atoms. The zero-order chi connectivity index (χ0) is 16.5. The standard InChI is InChI=1S/C16H21NO5/c1-3-4-11(15(19)20)7-10-14(18)17-13-8-5-12(6-9-13)16(21)22-2/h5-6,8-9,11H,3-4,7,10H2,1-2H3,(H,17,18)(H,19,20)/t11-/m0/s1. The molecule has 22 heavy (non-hydrogen) atoms. The number of hydrogen-bond donors (Lipinski definition) is 2. The molecule has 1 aromatic rings. The van der Waals surface area contributed by atoms with E-state index in [4.69, 9.17) is 5.11 Å². The van der Waals surface area contributed by atoms with Crippen molar-refractivity contribution < 1.29 is 24.2 Å². The van der Waals surface area contributed by atoms with Gasteiger partial charge in [-0.3, -0.25) is 9.59 Å². The van der Waals surface area contributed by atoms with Gasteiger partial charge < -0.3 is 15.2 Å². The number of methoxy groups -OCH3 is 1.